The molecule has 0 aromatic rings. The Bertz CT molecular complexity index is 305. The van der Waals surface area contributed by atoms with Gasteiger partial charge in [-0.15, -0.1) is 0 Å². The number of hydrogen-bond donors (Lipinski definition) is 0. The molecule has 0 heterocycles. The number of ether oxygens (including phenoxy) is 1. The van der Waals surface area contributed by atoms with Gasteiger partial charge in [0.15, 0.2) is 8.32 Å². The fourth-order valence-corrected chi connectivity index (χ4v) is 2.69. The Kier molecular flexibility index (Phi) is 6.23. The van der Waals surface area contributed by atoms with Crippen LogP contribution in [0.2, 0.25) is 18.1 Å². The van der Waals surface area contributed by atoms with Crippen LogP contribution in [0, 0.1) is 0 Å². The van der Waals surface area contributed by atoms with E-state index in [4.69, 9.17) is 4.43 Å². The summed E-state index contributed by atoms with van der Waals surface area (Å²) in [5.74, 6) is -0.303. The van der Waals surface area contributed by atoms with E-state index in [1.807, 2.05) is 0 Å². The van der Waals surface area contributed by atoms with Gasteiger partial charge in [0.2, 0.25) is 0 Å². The summed E-state index contributed by atoms with van der Waals surface area (Å²) >= 11 is 0. The van der Waals surface area contributed by atoms with Crippen LogP contribution in [-0.4, -0.2) is 33.3 Å². The number of rotatable bonds is 6. The van der Waals surface area contributed by atoms with Gasteiger partial charge in [-0.3, -0.25) is 9.59 Å². The van der Waals surface area contributed by atoms with Crippen molar-refractivity contribution in [2.24, 2.45) is 0 Å². The van der Waals surface area contributed by atoms with Gasteiger partial charge >= 0.3 is 5.97 Å². The summed E-state index contributed by atoms with van der Waals surface area (Å²) in [6.07, 6.45) is 0.0420. The molecule has 0 rings (SSSR count). The Morgan fingerprint density at radius 3 is 2.00 bits per heavy atom. The highest BCUT2D eigenvalue weighted by atomic mass is 28.4. The van der Waals surface area contributed by atoms with Gasteiger partial charge in [-0.1, -0.05) is 20.8 Å². The lowest BCUT2D eigenvalue weighted by molar-refractivity contribution is -0.142. The lowest BCUT2D eigenvalue weighted by Crippen LogP contribution is -2.44. The third-order valence-electron chi connectivity index (χ3n) is 3.40. The smallest absolute Gasteiger partial charge is 0.308 e. The first-order valence-corrected chi connectivity index (χ1v) is 9.14. The summed E-state index contributed by atoms with van der Waals surface area (Å²) in [6, 6.07) is 0. The fourth-order valence-electron chi connectivity index (χ4n) is 1.34. The Morgan fingerprint density at radius 2 is 1.67 bits per heavy atom. The van der Waals surface area contributed by atoms with Crippen LogP contribution in [0.25, 0.3) is 0 Å². The van der Waals surface area contributed by atoms with Gasteiger partial charge in [0.05, 0.1) is 19.6 Å². The predicted octanol–water partition coefficient (Wildman–Crippen LogP) is 2.92. The lowest BCUT2D eigenvalue weighted by Gasteiger charge is -2.39. The molecule has 0 saturated carbocycles. The van der Waals surface area contributed by atoms with Crippen molar-refractivity contribution in [2.45, 2.75) is 64.8 Å². The van der Waals surface area contributed by atoms with E-state index < -0.39 is 8.32 Å². The molecule has 18 heavy (non-hydrogen) atoms. The van der Waals surface area contributed by atoms with Crippen molar-refractivity contribution in [1.82, 2.24) is 0 Å². The SMILES string of the molecule is COC(=O)C[C@H](CC(C)=O)O[Si](C)(C)C(C)(C)C. The monoisotopic (exact) mass is 274 g/mol. The molecule has 0 aliphatic heterocycles. The number of ketones is 1. The Labute approximate surface area is 111 Å². The van der Waals surface area contributed by atoms with E-state index in [1.165, 1.54) is 14.0 Å². The van der Waals surface area contributed by atoms with Crippen molar-refractivity contribution in [2.75, 3.05) is 7.11 Å². The van der Waals surface area contributed by atoms with Crippen LogP contribution in [0.15, 0.2) is 0 Å². The Morgan fingerprint density at radius 1 is 1.17 bits per heavy atom. The minimum atomic E-state index is -1.97. The number of methoxy groups -OCH3 is 1. The van der Waals surface area contributed by atoms with E-state index in [9.17, 15) is 9.59 Å². The summed E-state index contributed by atoms with van der Waals surface area (Å²) < 4.78 is 10.8. The van der Waals surface area contributed by atoms with Gasteiger partial charge in [-0.05, 0) is 25.1 Å². The summed E-state index contributed by atoms with van der Waals surface area (Å²) in [5, 5.41) is 0.0537. The molecule has 0 saturated heterocycles. The van der Waals surface area contributed by atoms with E-state index in [0.717, 1.165) is 0 Å². The topological polar surface area (TPSA) is 52.6 Å². The summed E-state index contributed by atoms with van der Waals surface area (Å²) in [4.78, 5) is 22.6. The van der Waals surface area contributed by atoms with Crippen molar-refractivity contribution in [3.63, 3.8) is 0 Å². The van der Waals surface area contributed by atoms with Crippen molar-refractivity contribution >= 4 is 20.1 Å². The zero-order valence-electron chi connectivity index (χ0n) is 12.6. The number of Topliss-reactive ketones (excluding diaryl/α,β-unsaturated/α-hetero) is 1. The molecule has 0 bridgehead atoms. The number of hydrogen-bond acceptors (Lipinski definition) is 4. The molecule has 0 amide bonds. The van der Waals surface area contributed by atoms with E-state index in [1.54, 1.807) is 0 Å². The number of carbonyl (C=O) groups is 2. The van der Waals surface area contributed by atoms with Crippen LogP contribution < -0.4 is 0 Å². The van der Waals surface area contributed by atoms with Crippen molar-refractivity contribution in [1.29, 1.82) is 0 Å². The van der Waals surface area contributed by atoms with Gasteiger partial charge in [-0.25, -0.2) is 0 Å². The van der Waals surface area contributed by atoms with Gasteiger partial charge < -0.3 is 9.16 Å². The normalized spacial score (nSPS) is 14.2. The average Bonchev–Trinajstić information content (AvgIpc) is 2.13. The van der Waals surface area contributed by atoms with Crippen molar-refractivity contribution in [3.05, 3.63) is 0 Å². The molecule has 106 valence electrons. The Balaban J connectivity index is 4.78. The predicted molar refractivity (Wildman–Crippen MR) is 74.0 cm³/mol. The minimum absolute atomic E-state index is 0.0302. The third kappa shape index (κ3) is 5.77. The maximum Gasteiger partial charge on any atom is 0.308 e. The molecule has 0 fully saturated rings. The molecule has 0 unspecified atom stereocenters. The first-order valence-electron chi connectivity index (χ1n) is 6.23. The van der Waals surface area contributed by atoms with Crippen molar-refractivity contribution < 1.29 is 18.8 Å². The van der Waals surface area contributed by atoms with Crippen LogP contribution >= 0.6 is 0 Å². The maximum atomic E-state index is 11.3. The van der Waals surface area contributed by atoms with Crippen LogP contribution in [0.3, 0.4) is 0 Å². The van der Waals surface area contributed by atoms with Crippen LogP contribution in [0.5, 0.6) is 0 Å². The van der Waals surface area contributed by atoms with E-state index in [0.29, 0.717) is 0 Å². The molecule has 0 aliphatic carbocycles. The zero-order valence-corrected chi connectivity index (χ0v) is 13.6. The highest BCUT2D eigenvalue weighted by molar-refractivity contribution is 6.74. The summed E-state index contributed by atoms with van der Waals surface area (Å²) in [6.45, 7) is 12.1. The lowest BCUT2D eigenvalue weighted by atomic mass is 10.1. The molecule has 0 aliphatic rings. The van der Waals surface area contributed by atoms with Crippen LogP contribution in [0.4, 0.5) is 0 Å². The van der Waals surface area contributed by atoms with E-state index >= 15 is 0 Å². The van der Waals surface area contributed by atoms with Gasteiger partial charge in [0.1, 0.15) is 5.78 Å². The number of esters is 1. The average molecular weight is 274 g/mol. The molecule has 0 aromatic carbocycles. The first-order chi connectivity index (χ1) is 7.99. The molecule has 0 N–H and O–H groups in total. The molecular formula is C13H26O4Si. The van der Waals surface area contributed by atoms with E-state index in [2.05, 4.69) is 38.6 Å². The quantitative estimate of drug-likeness (QED) is 0.552. The fraction of sp³-hybridized carbons (Fsp3) is 0.846. The molecular weight excluding hydrogens is 248 g/mol. The third-order valence-corrected chi connectivity index (χ3v) is 7.94. The highest BCUT2D eigenvalue weighted by Crippen LogP contribution is 2.38. The van der Waals surface area contributed by atoms with Gasteiger partial charge in [-0.2, -0.15) is 0 Å². The second-order valence-electron chi connectivity index (χ2n) is 6.19. The second-order valence-corrected chi connectivity index (χ2v) is 10.9. The van der Waals surface area contributed by atoms with Gasteiger partial charge in [0.25, 0.3) is 0 Å². The highest BCUT2D eigenvalue weighted by Gasteiger charge is 2.39. The summed E-state index contributed by atoms with van der Waals surface area (Å²) in [5.41, 5.74) is 0. The first kappa shape index (κ1) is 17.3. The van der Waals surface area contributed by atoms with E-state index in [-0.39, 0.29) is 35.7 Å². The largest absolute Gasteiger partial charge is 0.469 e. The standard InChI is InChI=1S/C13H26O4Si/c1-10(14)8-11(9-12(15)16-5)17-18(6,7)13(2,3)4/h11H,8-9H2,1-7H3/t11-/m0/s1. The Hall–Kier alpha value is -0.683. The maximum absolute atomic E-state index is 11.3. The molecule has 0 radical (unpaired) electrons. The van der Waals surface area contributed by atoms with Gasteiger partial charge in [0, 0.05) is 6.42 Å². The summed E-state index contributed by atoms with van der Waals surface area (Å²) in [7, 11) is -0.628. The zero-order chi connectivity index (χ0) is 14.6. The minimum Gasteiger partial charge on any atom is -0.469 e. The molecule has 1 atom stereocenters. The number of carbonyl (C=O) groups excluding carboxylic acids is 2. The van der Waals surface area contributed by atoms with Crippen molar-refractivity contribution in [3.8, 4) is 0 Å². The molecule has 5 heteroatoms. The molecule has 0 aromatic heterocycles. The second kappa shape index (κ2) is 6.47. The van der Waals surface area contributed by atoms with Crippen LogP contribution in [-0.2, 0) is 18.8 Å². The molecule has 0 spiro atoms. The van der Waals surface area contributed by atoms with Crippen LogP contribution in [0.1, 0.15) is 40.5 Å². The molecule has 4 nitrogen and oxygen atoms in total.